The van der Waals surface area contributed by atoms with E-state index in [1.807, 2.05) is 50.2 Å². The normalized spacial score (nSPS) is 10.3. The standard InChI is InChI=1S/C27H30N4O3/c1-4-25(32)30-24-17-22(14-11-19(24)3)29-26(33)18-28-21-15-12-20(13-16-21)27(34)31(5-2)23-9-7-6-8-10-23/h6-17,28H,4-5,18H2,1-3H3,(H,29,33)(H,30,32). The average molecular weight is 459 g/mol. The summed E-state index contributed by atoms with van der Waals surface area (Å²) in [6.45, 7) is 6.24. The SMILES string of the molecule is CCC(=O)Nc1cc(NC(=O)CNc2ccc(C(=O)N(CC)c3ccccc3)cc2)ccc1C. The maximum atomic E-state index is 12.9. The van der Waals surface area contributed by atoms with Crippen LogP contribution in [-0.2, 0) is 9.59 Å². The lowest BCUT2D eigenvalue weighted by Gasteiger charge is -2.21. The largest absolute Gasteiger partial charge is 0.376 e. The second-order valence-electron chi connectivity index (χ2n) is 7.80. The molecule has 3 aromatic carbocycles. The van der Waals surface area contributed by atoms with Gasteiger partial charge in [0, 0.05) is 41.3 Å². The molecule has 7 nitrogen and oxygen atoms in total. The fraction of sp³-hybridized carbons (Fsp3) is 0.222. The lowest BCUT2D eigenvalue weighted by molar-refractivity contribution is -0.116. The number of amides is 3. The summed E-state index contributed by atoms with van der Waals surface area (Å²) in [7, 11) is 0. The molecular formula is C27H30N4O3. The van der Waals surface area contributed by atoms with E-state index in [0.29, 0.717) is 29.9 Å². The molecule has 7 heteroatoms. The summed E-state index contributed by atoms with van der Waals surface area (Å²) in [5.41, 5.74) is 4.35. The average Bonchev–Trinajstić information content (AvgIpc) is 2.86. The molecule has 0 saturated heterocycles. The molecule has 3 N–H and O–H groups in total. The van der Waals surface area contributed by atoms with Crippen molar-refractivity contribution in [3.8, 4) is 0 Å². The minimum absolute atomic E-state index is 0.0585. The number of carbonyl (C=O) groups excluding carboxylic acids is 3. The Morgan fingerprint density at radius 2 is 1.47 bits per heavy atom. The van der Waals surface area contributed by atoms with Gasteiger partial charge in [0.2, 0.25) is 11.8 Å². The summed E-state index contributed by atoms with van der Waals surface area (Å²) < 4.78 is 0. The van der Waals surface area contributed by atoms with Gasteiger partial charge in [-0.25, -0.2) is 0 Å². The van der Waals surface area contributed by atoms with Crippen LogP contribution in [0.1, 0.15) is 36.2 Å². The first-order valence-corrected chi connectivity index (χ1v) is 11.3. The third-order valence-electron chi connectivity index (χ3n) is 5.33. The minimum Gasteiger partial charge on any atom is -0.376 e. The zero-order valence-electron chi connectivity index (χ0n) is 19.7. The molecule has 3 rings (SSSR count). The second-order valence-corrected chi connectivity index (χ2v) is 7.80. The van der Waals surface area contributed by atoms with Crippen molar-refractivity contribution < 1.29 is 14.4 Å². The van der Waals surface area contributed by atoms with Crippen molar-refractivity contribution in [3.05, 3.63) is 83.9 Å². The predicted octanol–water partition coefficient (Wildman–Crippen LogP) is 5.06. The number of anilines is 4. The van der Waals surface area contributed by atoms with Crippen LogP contribution < -0.4 is 20.9 Å². The van der Waals surface area contributed by atoms with E-state index in [4.69, 9.17) is 0 Å². The molecular weight excluding hydrogens is 428 g/mol. The maximum Gasteiger partial charge on any atom is 0.258 e. The summed E-state index contributed by atoms with van der Waals surface area (Å²) in [4.78, 5) is 38.7. The van der Waals surface area contributed by atoms with Crippen LogP contribution in [0.25, 0.3) is 0 Å². The van der Waals surface area contributed by atoms with Gasteiger partial charge < -0.3 is 20.9 Å². The van der Waals surface area contributed by atoms with Crippen molar-refractivity contribution in [1.29, 1.82) is 0 Å². The van der Waals surface area contributed by atoms with Crippen molar-refractivity contribution in [2.75, 3.05) is 33.9 Å². The summed E-state index contributed by atoms with van der Waals surface area (Å²) in [5, 5.41) is 8.73. The first-order valence-electron chi connectivity index (χ1n) is 11.3. The third-order valence-corrected chi connectivity index (χ3v) is 5.33. The molecule has 176 valence electrons. The van der Waals surface area contributed by atoms with Crippen molar-refractivity contribution >= 4 is 40.5 Å². The Bertz CT molecular complexity index is 1140. The number of hydrogen-bond donors (Lipinski definition) is 3. The van der Waals surface area contributed by atoms with E-state index in [1.54, 1.807) is 48.2 Å². The van der Waals surface area contributed by atoms with Crippen molar-refractivity contribution in [3.63, 3.8) is 0 Å². The molecule has 0 aliphatic rings. The van der Waals surface area contributed by atoms with Gasteiger partial charge in [0.05, 0.1) is 6.54 Å². The Balaban J connectivity index is 1.57. The molecule has 0 aromatic heterocycles. The topological polar surface area (TPSA) is 90.5 Å². The van der Waals surface area contributed by atoms with Gasteiger partial charge in [0.15, 0.2) is 0 Å². The van der Waals surface area contributed by atoms with Crippen LogP contribution in [0.4, 0.5) is 22.7 Å². The molecule has 0 bridgehead atoms. The molecule has 0 atom stereocenters. The number of hydrogen-bond acceptors (Lipinski definition) is 4. The molecule has 0 aliphatic carbocycles. The van der Waals surface area contributed by atoms with E-state index in [-0.39, 0.29) is 24.3 Å². The van der Waals surface area contributed by atoms with Gasteiger partial charge in [0.1, 0.15) is 0 Å². The summed E-state index contributed by atoms with van der Waals surface area (Å²) in [5.74, 6) is -0.387. The lowest BCUT2D eigenvalue weighted by Crippen LogP contribution is -2.30. The Morgan fingerprint density at radius 3 is 2.12 bits per heavy atom. The van der Waals surface area contributed by atoms with Crippen LogP contribution in [0.15, 0.2) is 72.8 Å². The zero-order chi connectivity index (χ0) is 24.5. The number of para-hydroxylation sites is 1. The quantitative estimate of drug-likeness (QED) is 0.418. The summed E-state index contributed by atoms with van der Waals surface area (Å²) in [6.07, 6.45) is 0.382. The molecule has 0 radical (unpaired) electrons. The molecule has 34 heavy (non-hydrogen) atoms. The Hall–Kier alpha value is -4.13. The van der Waals surface area contributed by atoms with Gasteiger partial charge in [0.25, 0.3) is 5.91 Å². The number of aryl methyl sites for hydroxylation is 1. The highest BCUT2D eigenvalue weighted by molar-refractivity contribution is 6.06. The van der Waals surface area contributed by atoms with Crippen molar-refractivity contribution in [2.24, 2.45) is 0 Å². The fourth-order valence-electron chi connectivity index (χ4n) is 3.40. The lowest BCUT2D eigenvalue weighted by atomic mass is 10.1. The first-order chi connectivity index (χ1) is 16.4. The van der Waals surface area contributed by atoms with Crippen LogP contribution >= 0.6 is 0 Å². The molecule has 0 saturated carbocycles. The fourth-order valence-corrected chi connectivity index (χ4v) is 3.40. The van der Waals surface area contributed by atoms with E-state index < -0.39 is 0 Å². The maximum absolute atomic E-state index is 12.9. The van der Waals surface area contributed by atoms with Crippen LogP contribution in [0.3, 0.4) is 0 Å². The molecule has 0 fully saturated rings. The number of benzene rings is 3. The Kier molecular flexibility index (Phi) is 8.40. The van der Waals surface area contributed by atoms with Gasteiger partial charge in [-0.05, 0) is 67.9 Å². The molecule has 0 heterocycles. The van der Waals surface area contributed by atoms with E-state index in [1.165, 1.54) is 0 Å². The van der Waals surface area contributed by atoms with E-state index in [0.717, 1.165) is 16.9 Å². The molecule has 0 spiro atoms. The number of rotatable bonds is 9. The minimum atomic E-state index is -0.224. The molecule has 3 amide bonds. The smallest absolute Gasteiger partial charge is 0.258 e. The zero-order valence-corrected chi connectivity index (χ0v) is 19.7. The van der Waals surface area contributed by atoms with Gasteiger partial charge in [-0.3, -0.25) is 14.4 Å². The van der Waals surface area contributed by atoms with Crippen LogP contribution in [0, 0.1) is 6.92 Å². The summed E-state index contributed by atoms with van der Waals surface area (Å²) in [6, 6.07) is 22.0. The Labute approximate surface area is 200 Å². The highest BCUT2D eigenvalue weighted by Gasteiger charge is 2.15. The monoisotopic (exact) mass is 458 g/mol. The molecule has 0 aliphatic heterocycles. The highest BCUT2D eigenvalue weighted by atomic mass is 16.2. The van der Waals surface area contributed by atoms with Gasteiger partial charge in [-0.1, -0.05) is 31.2 Å². The highest BCUT2D eigenvalue weighted by Crippen LogP contribution is 2.21. The van der Waals surface area contributed by atoms with Crippen molar-refractivity contribution in [1.82, 2.24) is 0 Å². The van der Waals surface area contributed by atoms with Crippen molar-refractivity contribution in [2.45, 2.75) is 27.2 Å². The van der Waals surface area contributed by atoms with Gasteiger partial charge in [-0.15, -0.1) is 0 Å². The predicted molar refractivity (Wildman–Crippen MR) is 137 cm³/mol. The third kappa shape index (κ3) is 6.45. The van der Waals surface area contributed by atoms with Crippen LogP contribution in [-0.4, -0.2) is 30.8 Å². The molecule has 0 unspecified atom stereocenters. The molecule has 3 aromatic rings. The number of nitrogens with zero attached hydrogens (tertiary/aromatic N) is 1. The number of carbonyl (C=O) groups is 3. The Morgan fingerprint density at radius 1 is 0.794 bits per heavy atom. The van der Waals surface area contributed by atoms with Gasteiger partial charge >= 0.3 is 0 Å². The summed E-state index contributed by atoms with van der Waals surface area (Å²) >= 11 is 0. The van der Waals surface area contributed by atoms with E-state index in [2.05, 4.69) is 16.0 Å². The van der Waals surface area contributed by atoms with E-state index in [9.17, 15) is 14.4 Å². The first kappa shape index (κ1) is 24.5. The van der Waals surface area contributed by atoms with Crippen LogP contribution in [0.5, 0.6) is 0 Å². The van der Waals surface area contributed by atoms with E-state index >= 15 is 0 Å². The van der Waals surface area contributed by atoms with Crippen LogP contribution in [0.2, 0.25) is 0 Å². The van der Waals surface area contributed by atoms with Gasteiger partial charge in [-0.2, -0.15) is 0 Å². The number of nitrogens with one attached hydrogen (secondary N) is 3. The second kappa shape index (κ2) is 11.7.